The first kappa shape index (κ1) is 11.9. The second kappa shape index (κ2) is 5.63. The van der Waals surface area contributed by atoms with Gasteiger partial charge in [-0.3, -0.25) is 0 Å². The Hall–Kier alpha value is -1.62. The van der Waals surface area contributed by atoms with E-state index in [0.717, 1.165) is 25.7 Å². The molecule has 0 spiro atoms. The monoisotopic (exact) mass is 229 g/mol. The quantitative estimate of drug-likeness (QED) is 0.698. The third-order valence-electron chi connectivity index (χ3n) is 3.56. The molecule has 17 heavy (non-hydrogen) atoms. The highest BCUT2D eigenvalue weighted by molar-refractivity contribution is 5.21. The van der Waals surface area contributed by atoms with Gasteiger partial charge in [-0.15, -0.1) is 0 Å². The van der Waals surface area contributed by atoms with Crippen molar-refractivity contribution in [2.75, 3.05) is 0 Å². The smallest absolute Gasteiger partial charge is 0.123 e. The molecule has 1 nitrogen and oxygen atoms in total. The van der Waals surface area contributed by atoms with E-state index in [0.29, 0.717) is 11.8 Å². The first-order valence-electron chi connectivity index (χ1n) is 6.11. The van der Waals surface area contributed by atoms with Crippen LogP contribution in [0.4, 0.5) is 4.39 Å². The van der Waals surface area contributed by atoms with E-state index in [2.05, 4.69) is 0 Å². The fourth-order valence-corrected chi connectivity index (χ4v) is 2.56. The molecule has 0 radical (unpaired) electrons. The summed E-state index contributed by atoms with van der Waals surface area (Å²) in [7, 11) is 0. The van der Waals surface area contributed by atoms with E-state index < -0.39 is 0 Å². The van der Waals surface area contributed by atoms with Crippen molar-refractivity contribution < 1.29 is 4.39 Å². The van der Waals surface area contributed by atoms with Crippen molar-refractivity contribution in [3.8, 4) is 6.07 Å². The van der Waals surface area contributed by atoms with Crippen LogP contribution in [0.5, 0.6) is 0 Å². The number of halogens is 1. The second-order valence-corrected chi connectivity index (χ2v) is 4.65. The highest BCUT2D eigenvalue weighted by Crippen LogP contribution is 2.36. The molecule has 0 saturated heterocycles. The first-order valence-corrected chi connectivity index (χ1v) is 6.11. The van der Waals surface area contributed by atoms with Gasteiger partial charge in [-0.2, -0.15) is 5.26 Å². The fourth-order valence-electron chi connectivity index (χ4n) is 2.56. The van der Waals surface area contributed by atoms with E-state index in [1.807, 2.05) is 24.3 Å². The molecule has 1 aromatic rings. The minimum atomic E-state index is -0.167. The number of benzene rings is 1. The molecule has 0 atom stereocenters. The second-order valence-electron chi connectivity index (χ2n) is 4.65. The lowest BCUT2D eigenvalue weighted by atomic mass is 9.78. The largest absolute Gasteiger partial charge is 0.207 e. The van der Waals surface area contributed by atoms with Gasteiger partial charge in [0.25, 0.3) is 0 Å². The van der Waals surface area contributed by atoms with Crippen LogP contribution in [0.1, 0.15) is 37.2 Å². The summed E-state index contributed by atoms with van der Waals surface area (Å²) >= 11 is 0. The molecule has 0 amide bonds. The molecule has 0 heterocycles. The summed E-state index contributed by atoms with van der Waals surface area (Å²) in [4.78, 5) is 0. The zero-order chi connectivity index (χ0) is 12.1. The number of allylic oxidation sites excluding steroid dienone is 2. The Kier molecular flexibility index (Phi) is 3.93. The number of nitriles is 1. The molecule has 1 fully saturated rings. The standard InChI is InChI=1S/C15H16FN/c16-15-9-7-14(8-10-15)13-5-3-12(4-6-13)2-1-11-17/h1-2,7-10,12-13H,3-6H2/b2-1+. The summed E-state index contributed by atoms with van der Waals surface area (Å²) in [6, 6.07) is 8.91. The van der Waals surface area contributed by atoms with Gasteiger partial charge in [0.05, 0.1) is 6.07 Å². The lowest BCUT2D eigenvalue weighted by Gasteiger charge is -2.26. The average Bonchev–Trinajstić information content (AvgIpc) is 2.38. The SMILES string of the molecule is N#C/C=C/C1CCC(c2ccc(F)cc2)CC1. The lowest BCUT2D eigenvalue weighted by Crippen LogP contribution is -2.11. The fraction of sp³-hybridized carbons (Fsp3) is 0.400. The number of nitrogens with zero attached hydrogens (tertiary/aromatic N) is 1. The predicted octanol–water partition coefficient (Wildman–Crippen LogP) is 4.18. The van der Waals surface area contributed by atoms with Crippen LogP contribution in [0.25, 0.3) is 0 Å². The summed E-state index contributed by atoms with van der Waals surface area (Å²) in [6.45, 7) is 0. The summed E-state index contributed by atoms with van der Waals surface area (Å²) < 4.78 is 12.8. The molecule has 0 bridgehead atoms. The topological polar surface area (TPSA) is 23.8 Å². The highest BCUT2D eigenvalue weighted by Gasteiger charge is 2.20. The molecule has 2 rings (SSSR count). The minimum absolute atomic E-state index is 0.167. The number of hydrogen-bond donors (Lipinski definition) is 0. The number of rotatable bonds is 2. The van der Waals surface area contributed by atoms with Gasteiger partial charge in [0, 0.05) is 6.08 Å². The van der Waals surface area contributed by atoms with Crippen LogP contribution in [0.15, 0.2) is 36.4 Å². The summed E-state index contributed by atoms with van der Waals surface area (Å²) in [6.07, 6.45) is 8.11. The molecule has 1 aliphatic rings. The van der Waals surface area contributed by atoms with Gasteiger partial charge in [-0.25, -0.2) is 4.39 Å². The average molecular weight is 229 g/mol. The van der Waals surface area contributed by atoms with Crippen molar-refractivity contribution in [2.24, 2.45) is 5.92 Å². The van der Waals surface area contributed by atoms with Gasteiger partial charge in [0.2, 0.25) is 0 Å². The molecule has 1 saturated carbocycles. The van der Waals surface area contributed by atoms with Crippen LogP contribution in [-0.4, -0.2) is 0 Å². The maximum Gasteiger partial charge on any atom is 0.123 e. The van der Waals surface area contributed by atoms with E-state index >= 15 is 0 Å². The summed E-state index contributed by atoms with van der Waals surface area (Å²) in [5.74, 6) is 0.938. The van der Waals surface area contributed by atoms with Gasteiger partial charge >= 0.3 is 0 Å². The van der Waals surface area contributed by atoms with Crippen LogP contribution in [0, 0.1) is 23.1 Å². The molecule has 0 aliphatic heterocycles. The van der Waals surface area contributed by atoms with Gasteiger partial charge in [0.15, 0.2) is 0 Å². The molecular formula is C15H16FN. The number of hydrogen-bond acceptors (Lipinski definition) is 1. The van der Waals surface area contributed by atoms with Crippen molar-refractivity contribution >= 4 is 0 Å². The Bertz CT molecular complexity index is 419. The van der Waals surface area contributed by atoms with Crippen molar-refractivity contribution in [3.63, 3.8) is 0 Å². The van der Waals surface area contributed by atoms with Crippen LogP contribution in [0.2, 0.25) is 0 Å². The third-order valence-corrected chi connectivity index (χ3v) is 3.56. The Balaban J connectivity index is 1.93. The van der Waals surface area contributed by atoms with E-state index in [9.17, 15) is 4.39 Å². The molecule has 0 N–H and O–H groups in total. The Morgan fingerprint density at radius 1 is 1.12 bits per heavy atom. The maximum absolute atomic E-state index is 12.8. The van der Waals surface area contributed by atoms with Crippen LogP contribution >= 0.6 is 0 Å². The Morgan fingerprint density at radius 3 is 2.35 bits per heavy atom. The first-order chi connectivity index (χ1) is 8.29. The zero-order valence-corrected chi connectivity index (χ0v) is 9.77. The van der Waals surface area contributed by atoms with Gasteiger partial charge in [-0.05, 0) is 55.2 Å². The van der Waals surface area contributed by atoms with Crippen molar-refractivity contribution in [1.82, 2.24) is 0 Å². The molecule has 0 unspecified atom stereocenters. The van der Waals surface area contributed by atoms with Crippen LogP contribution < -0.4 is 0 Å². The van der Waals surface area contributed by atoms with Crippen molar-refractivity contribution in [2.45, 2.75) is 31.6 Å². The van der Waals surface area contributed by atoms with Gasteiger partial charge in [-0.1, -0.05) is 18.2 Å². The molecule has 2 heteroatoms. The van der Waals surface area contributed by atoms with E-state index in [1.165, 1.54) is 17.7 Å². The normalized spacial score (nSPS) is 24.7. The zero-order valence-electron chi connectivity index (χ0n) is 9.77. The van der Waals surface area contributed by atoms with Gasteiger partial charge in [0.1, 0.15) is 5.82 Å². The molecular weight excluding hydrogens is 213 g/mol. The van der Waals surface area contributed by atoms with E-state index in [1.54, 1.807) is 6.08 Å². The lowest BCUT2D eigenvalue weighted by molar-refractivity contribution is 0.376. The Labute approximate surface area is 102 Å². The van der Waals surface area contributed by atoms with Crippen molar-refractivity contribution in [3.05, 3.63) is 47.8 Å². The van der Waals surface area contributed by atoms with E-state index in [4.69, 9.17) is 5.26 Å². The van der Waals surface area contributed by atoms with Gasteiger partial charge < -0.3 is 0 Å². The molecule has 1 aliphatic carbocycles. The van der Waals surface area contributed by atoms with Crippen LogP contribution in [0.3, 0.4) is 0 Å². The Morgan fingerprint density at radius 2 is 1.76 bits per heavy atom. The van der Waals surface area contributed by atoms with E-state index in [-0.39, 0.29) is 5.82 Å². The predicted molar refractivity (Wildman–Crippen MR) is 65.9 cm³/mol. The highest BCUT2D eigenvalue weighted by atomic mass is 19.1. The summed E-state index contributed by atoms with van der Waals surface area (Å²) in [5, 5.41) is 8.48. The molecule has 1 aromatic carbocycles. The maximum atomic E-state index is 12.8. The molecule has 0 aromatic heterocycles. The van der Waals surface area contributed by atoms with Crippen molar-refractivity contribution in [1.29, 1.82) is 5.26 Å². The third kappa shape index (κ3) is 3.17. The van der Waals surface area contributed by atoms with Crippen LogP contribution in [-0.2, 0) is 0 Å². The summed E-state index contributed by atoms with van der Waals surface area (Å²) in [5.41, 5.74) is 1.24. The molecule has 88 valence electrons. The minimum Gasteiger partial charge on any atom is -0.207 e.